The van der Waals surface area contributed by atoms with Crippen LogP contribution in [-0.2, 0) is 10.0 Å². The molecule has 0 aliphatic carbocycles. The molecule has 2 N–H and O–H groups in total. The molecule has 2 aromatic carbocycles. The first-order valence-electron chi connectivity index (χ1n) is 7.36. The van der Waals surface area contributed by atoms with Gasteiger partial charge in [-0.2, -0.15) is 0 Å². The molecule has 0 spiro atoms. The van der Waals surface area contributed by atoms with Gasteiger partial charge in [0.15, 0.2) is 0 Å². The van der Waals surface area contributed by atoms with Crippen LogP contribution in [0.2, 0.25) is 0 Å². The van der Waals surface area contributed by atoms with Gasteiger partial charge < -0.3 is 5.32 Å². The minimum atomic E-state index is -3.77. The molecule has 0 unspecified atom stereocenters. The van der Waals surface area contributed by atoms with E-state index in [0.717, 1.165) is 23.5 Å². The fourth-order valence-electron chi connectivity index (χ4n) is 2.12. The van der Waals surface area contributed by atoms with Crippen molar-refractivity contribution in [1.82, 2.24) is 9.97 Å². The molecule has 128 valence electrons. The van der Waals surface area contributed by atoms with Gasteiger partial charge in [0.25, 0.3) is 10.0 Å². The van der Waals surface area contributed by atoms with Crippen LogP contribution in [0, 0.1) is 12.7 Å². The average Bonchev–Trinajstić information content (AvgIpc) is 2.57. The van der Waals surface area contributed by atoms with E-state index in [1.807, 2.05) is 6.92 Å². The van der Waals surface area contributed by atoms with Gasteiger partial charge >= 0.3 is 0 Å². The number of anilines is 3. The summed E-state index contributed by atoms with van der Waals surface area (Å²) in [6.45, 7) is 1.86. The number of rotatable bonds is 5. The van der Waals surface area contributed by atoms with Gasteiger partial charge in [0, 0.05) is 23.1 Å². The van der Waals surface area contributed by atoms with Crippen LogP contribution in [0.4, 0.5) is 21.6 Å². The molecule has 3 rings (SSSR count). The number of hydrogen-bond acceptors (Lipinski definition) is 5. The third-order valence-corrected chi connectivity index (χ3v) is 4.73. The summed E-state index contributed by atoms with van der Waals surface area (Å²) >= 11 is 0. The van der Waals surface area contributed by atoms with Crippen LogP contribution in [0.15, 0.2) is 65.8 Å². The number of aryl methyl sites for hydroxylation is 1. The van der Waals surface area contributed by atoms with Crippen molar-refractivity contribution in [3.8, 4) is 0 Å². The zero-order valence-corrected chi connectivity index (χ0v) is 14.1. The Morgan fingerprint density at radius 2 is 1.56 bits per heavy atom. The smallest absolute Gasteiger partial charge is 0.261 e. The van der Waals surface area contributed by atoms with Gasteiger partial charge in [-0.05, 0) is 55.5 Å². The molecule has 0 radical (unpaired) electrons. The summed E-state index contributed by atoms with van der Waals surface area (Å²) in [5.41, 5.74) is 1.98. The number of nitrogens with zero attached hydrogens (tertiary/aromatic N) is 2. The molecule has 1 heterocycles. The van der Waals surface area contributed by atoms with Crippen LogP contribution < -0.4 is 10.0 Å². The Balaban J connectivity index is 1.73. The van der Waals surface area contributed by atoms with E-state index in [4.69, 9.17) is 0 Å². The first-order valence-corrected chi connectivity index (χ1v) is 8.85. The van der Waals surface area contributed by atoms with E-state index in [0.29, 0.717) is 11.5 Å². The fraction of sp³-hybridized carbons (Fsp3) is 0.0588. The van der Waals surface area contributed by atoms with Crippen molar-refractivity contribution >= 4 is 27.2 Å². The third kappa shape index (κ3) is 4.30. The number of sulfonamides is 1. The molecule has 6 nitrogen and oxygen atoms in total. The monoisotopic (exact) mass is 358 g/mol. The summed E-state index contributed by atoms with van der Waals surface area (Å²) in [5, 5.41) is 3.10. The standard InChI is InChI=1S/C17H15FN4O2S/c1-12-10-17(20-11-19-12)21-14-4-6-15(7-5-14)22-25(23,24)16-8-2-13(18)3-9-16/h2-11,22H,1H3,(H,19,20,21). The van der Waals surface area contributed by atoms with Crippen molar-refractivity contribution in [3.05, 3.63) is 72.4 Å². The summed E-state index contributed by atoms with van der Waals surface area (Å²) in [5.74, 6) is 0.154. The Bertz CT molecular complexity index is 974. The van der Waals surface area contributed by atoms with E-state index in [9.17, 15) is 12.8 Å². The number of nitrogens with one attached hydrogen (secondary N) is 2. The van der Waals surface area contributed by atoms with Gasteiger partial charge in [-0.3, -0.25) is 4.72 Å². The second-order valence-corrected chi connectivity index (χ2v) is 6.99. The third-order valence-electron chi connectivity index (χ3n) is 3.34. The van der Waals surface area contributed by atoms with E-state index < -0.39 is 15.8 Å². The quantitative estimate of drug-likeness (QED) is 0.730. The number of hydrogen-bond donors (Lipinski definition) is 2. The van der Waals surface area contributed by atoms with E-state index in [2.05, 4.69) is 20.0 Å². The minimum absolute atomic E-state index is 0.00689. The normalized spacial score (nSPS) is 11.1. The van der Waals surface area contributed by atoms with Crippen LogP contribution >= 0.6 is 0 Å². The minimum Gasteiger partial charge on any atom is -0.340 e. The van der Waals surface area contributed by atoms with Gasteiger partial charge in [0.1, 0.15) is 18.0 Å². The molecule has 1 aromatic heterocycles. The highest BCUT2D eigenvalue weighted by Gasteiger charge is 2.14. The second-order valence-electron chi connectivity index (χ2n) is 5.31. The molecule has 0 amide bonds. The lowest BCUT2D eigenvalue weighted by molar-refractivity contribution is 0.599. The van der Waals surface area contributed by atoms with E-state index in [1.54, 1.807) is 30.3 Å². The van der Waals surface area contributed by atoms with Crippen molar-refractivity contribution in [2.45, 2.75) is 11.8 Å². The maximum absolute atomic E-state index is 12.9. The highest BCUT2D eigenvalue weighted by atomic mass is 32.2. The van der Waals surface area contributed by atoms with Gasteiger partial charge in [-0.1, -0.05) is 0 Å². The Morgan fingerprint density at radius 1 is 0.920 bits per heavy atom. The molecule has 0 saturated heterocycles. The maximum atomic E-state index is 12.9. The summed E-state index contributed by atoms with van der Waals surface area (Å²) < 4.78 is 39.9. The molecule has 8 heteroatoms. The number of benzene rings is 2. The van der Waals surface area contributed by atoms with Gasteiger partial charge in [0.2, 0.25) is 0 Å². The van der Waals surface area contributed by atoms with E-state index >= 15 is 0 Å². The summed E-state index contributed by atoms with van der Waals surface area (Å²) in [6, 6.07) is 13.1. The molecular formula is C17H15FN4O2S. The molecule has 3 aromatic rings. The van der Waals surface area contributed by atoms with Crippen LogP contribution in [0.25, 0.3) is 0 Å². The van der Waals surface area contributed by atoms with Crippen molar-refractivity contribution in [3.63, 3.8) is 0 Å². The lowest BCUT2D eigenvalue weighted by Crippen LogP contribution is -2.12. The van der Waals surface area contributed by atoms with Crippen molar-refractivity contribution in [2.75, 3.05) is 10.0 Å². The van der Waals surface area contributed by atoms with Crippen LogP contribution in [0.3, 0.4) is 0 Å². The largest absolute Gasteiger partial charge is 0.340 e. The molecule has 0 bridgehead atoms. The summed E-state index contributed by atoms with van der Waals surface area (Å²) in [4.78, 5) is 8.11. The Labute approximate surface area is 144 Å². The van der Waals surface area contributed by atoms with Crippen LogP contribution in [0.5, 0.6) is 0 Å². The zero-order chi connectivity index (χ0) is 17.9. The number of halogens is 1. The topological polar surface area (TPSA) is 84.0 Å². The highest BCUT2D eigenvalue weighted by Crippen LogP contribution is 2.20. The lowest BCUT2D eigenvalue weighted by atomic mass is 10.3. The molecule has 0 fully saturated rings. The van der Waals surface area contributed by atoms with Gasteiger partial charge in [-0.15, -0.1) is 0 Å². The van der Waals surface area contributed by atoms with Crippen molar-refractivity contribution < 1.29 is 12.8 Å². The molecule has 25 heavy (non-hydrogen) atoms. The van der Waals surface area contributed by atoms with Crippen molar-refractivity contribution in [2.24, 2.45) is 0 Å². The Morgan fingerprint density at radius 3 is 2.20 bits per heavy atom. The van der Waals surface area contributed by atoms with E-state index in [-0.39, 0.29) is 4.90 Å². The van der Waals surface area contributed by atoms with Crippen LogP contribution in [-0.4, -0.2) is 18.4 Å². The maximum Gasteiger partial charge on any atom is 0.261 e. The fourth-order valence-corrected chi connectivity index (χ4v) is 3.18. The summed E-state index contributed by atoms with van der Waals surface area (Å²) in [6.07, 6.45) is 1.46. The molecular weight excluding hydrogens is 343 g/mol. The second kappa shape index (κ2) is 6.86. The lowest BCUT2D eigenvalue weighted by Gasteiger charge is -2.10. The zero-order valence-electron chi connectivity index (χ0n) is 13.3. The number of aromatic nitrogens is 2. The Kier molecular flexibility index (Phi) is 4.62. The predicted molar refractivity (Wildman–Crippen MR) is 93.7 cm³/mol. The Hall–Kier alpha value is -3.00. The van der Waals surface area contributed by atoms with Crippen LogP contribution in [0.1, 0.15) is 5.69 Å². The highest BCUT2D eigenvalue weighted by molar-refractivity contribution is 7.92. The predicted octanol–water partition coefficient (Wildman–Crippen LogP) is 3.47. The summed E-state index contributed by atoms with van der Waals surface area (Å²) in [7, 11) is -3.77. The molecule has 0 atom stereocenters. The molecule has 0 aliphatic heterocycles. The van der Waals surface area contributed by atoms with Gasteiger partial charge in [-0.25, -0.2) is 22.8 Å². The SMILES string of the molecule is Cc1cc(Nc2ccc(NS(=O)(=O)c3ccc(F)cc3)cc2)ncn1. The first kappa shape index (κ1) is 16.8. The first-order chi connectivity index (χ1) is 11.9. The average molecular weight is 358 g/mol. The van der Waals surface area contributed by atoms with Crippen molar-refractivity contribution in [1.29, 1.82) is 0 Å². The van der Waals surface area contributed by atoms with Gasteiger partial charge in [0.05, 0.1) is 4.90 Å². The molecule has 0 saturated carbocycles. The molecule has 0 aliphatic rings. The van der Waals surface area contributed by atoms with E-state index in [1.165, 1.54) is 18.5 Å².